The number of hydrogen-bond donors (Lipinski definition) is 1. The molecule has 2 aromatic carbocycles. The third-order valence-corrected chi connectivity index (χ3v) is 5.94. The molecule has 1 saturated heterocycles. The third kappa shape index (κ3) is 3.95. The lowest BCUT2D eigenvalue weighted by molar-refractivity contribution is -0.119. The number of ether oxygens (including phenoxy) is 1. The predicted octanol–water partition coefficient (Wildman–Crippen LogP) is 3.75. The molecule has 5 rings (SSSR count). The largest absolute Gasteiger partial charge is 0.489 e. The summed E-state index contributed by atoms with van der Waals surface area (Å²) in [5.41, 5.74) is 2.72. The van der Waals surface area contributed by atoms with Gasteiger partial charge in [0.2, 0.25) is 11.9 Å². The van der Waals surface area contributed by atoms with Gasteiger partial charge in [0.05, 0.1) is 6.20 Å². The summed E-state index contributed by atoms with van der Waals surface area (Å²) in [6.07, 6.45) is 3.57. The van der Waals surface area contributed by atoms with Crippen LogP contribution in [0.3, 0.4) is 0 Å². The van der Waals surface area contributed by atoms with Crippen LogP contribution in [0.5, 0.6) is 5.75 Å². The van der Waals surface area contributed by atoms with E-state index in [0.717, 1.165) is 47.8 Å². The van der Waals surface area contributed by atoms with Crippen LogP contribution in [0, 0.1) is 5.82 Å². The van der Waals surface area contributed by atoms with E-state index in [1.807, 2.05) is 24.3 Å². The average Bonchev–Trinajstić information content (AvgIpc) is 3.32. The molecule has 2 aliphatic heterocycles. The molecule has 1 fully saturated rings. The van der Waals surface area contributed by atoms with Gasteiger partial charge in [-0.1, -0.05) is 24.3 Å². The van der Waals surface area contributed by atoms with Gasteiger partial charge in [-0.3, -0.25) is 4.79 Å². The second kappa shape index (κ2) is 8.45. The van der Waals surface area contributed by atoms with Crippen LogP contribution in [-0.4, -0.2) is 35.5 Å². The Morgan fingerprint density at radius 2 is 1.88 bits per heavy atom. The molecule has 0 bridgehead atoms. The Kier molecular flexibility index (Phi) is 5.34. The number of anilines is 3. The van der Waals surface area contributed by atoms with Crippen molar-refractivity contribution in [1.82, 2.24) is 9.97 Å². The second-order valence-electron chi connectivity index (χ2n) is 8.06. The first kappa shape index (κ1) is 20.2. The molecular weight excluding hydrogens is 409 g/mol. The first-order valence-electron chi connectivity index (χ1n) is 10.7. The molecule has 3 aromatic rings. The Bertz CT molecular complexity index is 1120. The van der Waals surface area contributed by atoms with E-state index in [2.05, 4.69) is 15.2 Å². The van der Waals surface area contributed by atoms with Gasteiger partial charge in [0, 0.05) is 20.1 Å². The van der Waals surface area contributed by atoms with Crippen molar-refractivity contribution < 1.29 is 13.9 Å². The van der Waals surface area contributed by atoms with Gasteiger partial charge in [-0.05, 0) is 48.2 Å². The van der Waals surface area contributed by atoms with Crippen molar-refractivity contribution in [3.05, 3.63) is 71.7 Å². The Labute approximate surface area is 185 Å². The van der Waals surface area contributed by atoms with E-state index in [9.17, 15) is 9.18 Å². The molecule has 1 aromatic heterocycles. The van der Waals surface area contributed by atoms with Gasteiger partial charge in [-0.2, -0.15) is 4.98 Å². The van der Waals surface area contributed by atoms with Gasteiger partial charge >= 0.3 is 0 Å². The van der Waals surface area contributed by atoms with Crippen LogP contribution in [0.1, 0.15) is 24.0 Å². The Morgan fingerprint density at radius 1 is 1.12 bits per heavy atom. The zero-order valence-corrected chi connectivity index (χ0v) is 17.8. The van der Waals surface area contributed by atoms with Crippen molar-refractivity contribution in [2.24, 2.45) is 0 Å². The van der Waals surface area contributed by atoms with E-state index >= 15 is 0 Å². The van der Waals surface area contributed by atoms with E-state index in [1.165, 1.54) is 12.1 Å². The van der Waals surface area contributed by atoms with Gasteiger partial charge in [0.25, 0.3) is 0 Å². The molecule has 8 heteroatoms. The van der Waals surface area contributed by atoms with Crippen molar-refractivity contribution >= 4 is 23.4 Å². The smallest absolute Gasteiger partial charge is 0.249 e. The summed E-state index contributed by atoms with van der Waals surface area (Å²) in [6.45, 7) is 1.79. The molecule has 1 atom stereocenters. The standard InChI is InChI=1S/C24H24FN5O2/c1-29-21-14-27-24(28-22(21)30-12-2-3-20(30)23(29)31)26-13-16-6-10-19(11-7-16)32-15-17-4-8-18(25)9-5-17/h4-11,14,20H,2-3,12-13,15H2,1H3,(H,26,27,28). The van der Waals surface area contributed by atoms with E-state index in [0.29, 0.717) is 19.1 Å². The number of aromatic nitrogens is 2. The fraction of sp³-hybridized carbons (Fsp3) is 0.292. The molecule has 32 heavy (non-hydrogen) atoms. The second-order valence-corrected chi connectivity index (χ2v) is 8.06. The molecule has 7 nitrogen and oxygen atoms in total. The highest BCUT2D eigenvalue weighted by atomic mass is 19.1. The normalized spacial score (nSPS) is 17.2. The van der Waals surface area contributed by atoms with Crippen molar-refractivity contribution in [3.8, 4) is 5.75 Å². The van der Waals surface area contributed by atoms with Crippen LogP contribution in [0.25, 0.3) is 0 Å². The van der Waals surface area contributed by atoms with Gasteiger partial charge < -0.3 is 19.9 Å². The van der Waals surface area contributed by atoms with Gasteiger partial charge in [-0.25, -0.2) is 9.37 Å². The minimum Gasteiger partial charge on any atom is -0.489 e. The number of nitrogens with one attached hydrogen (secondary N) is 1. The lowest BCUT2D eigenvalue weighted by Crippen LogP contribution is -2.49. The minimum absolute atomic E-state index is 0.112. The van der Waals surface area contributed by atoms with Crippen LogP contribution >= 0.6 is 0 Å². The molecule has 0 saturated carbocycles. The number of halogens is 1. The number of likely N-dealkylation sites (N-methyl/N-ethyl adjacent to an activating group) is 1. The molecule has 3 heterocycles. The highest BCUT2D eigenvalue weighted by molar-refractivity contribution is 6.04. The number of nitrogens with zero attached hydrogens (tertiary/aromatic N) is 4. The molecular formula is C24H24FN5O2. The Hall–Kier alpha value is -3.68. The van der Waals surface area contributed by atoms with E-state index in [-0.39, 0.29) is 17.8 Å². The van der Waals surface area contributed by atoms with Gasteiger partial charge in [0.15, 0.2) is 5.82 Å². The summed E-state index contributed by atoms with van der Waals surface area (Å²) in [6, 6.07) is 13.9. The SMILES string of the molecule is CN1C(=O)C2CCCN2c2nc(NCc3ccc(OCc4ccc(F)cc4)cc3)ncc21. The van der Waals surface area contributed by atoms with E-state index < -0.39 is 0 Å². The number of benzene rings is 2. The number of fused-ring (bicyclic) bond motifs is 3. The zero-order chi connectivity index (χ0) is 22.1. The van der Waals surface area contributed by atoms with Crippen LogP contribution in [0.4, 0.5) is 21.8 Å². The van der Waals surface area contributed by atoms with Crippen molar-refractivity contribution in [2.75, 3.05) is 28.7 Å². The van der Waals surface area contributed by atoms with Gasteiger partial charge in [0.1, 0.15) is 29.9 Å². The number of rotatable bonds is 6. The first-order valence-corrected chi connectivity index (χ1v) is 10.7. The monoisotopic (exact) mass is 433 g/mol. The van der Waals surface area contributed by atoms with Crippen molar-refractivity contribution in [2.45, 2.75) is 32.0 Å². The minimum atomic E-state index is -0.255. The number of amides is 1. The summed E-state index contributed by atoms with van der Waals surface area (Å²) >= 11 is 0. The number of carbonyl (C=O) groups excluding carboxylic acids is 1. The van der Waals surface area contributed by atoms with Crippen LogP contribution in [-0.2, 0) is 17.9 Å². The van der Waals surface area contributed by atoms with Crippen molar-refractivity contribution in [3.63, 3.8) is 0 Å². The maximum Gasteiger partial charge on any atom is 0.249 e. The molecule has 0 radical (unpaired) electrons. The molecule has 164 valence electrons. The Morgan fingerprint density at radius 3 is 2.66 bits per heavy atom. The molecule has 2 aliphatic rings. The highest BCUT2D eigenvalue weighted by Gasteiger charge is 2.40. The summed E-state index contributed by atoms with van der Waals surface area (Å²) in [4.78, 5) is 25.4. The van der Waals surface area contributed by atoms with Crippen LogP contribution in [0.2, 0.25) is 0 Å². The quantitative estimate of drug-likeness (QED) is 0.639. The van der Waals surface area contributed by atoms with Crippen LogP contribution in [0.15, 0.2) is 54.7 Å². The summed E-state index contributed by atoms with van der Waals surface area (Å²) in [7, 11) is 1.78. The fourth-order valence-corrected chi connectivity index (χ4v) is 4.15. The lowest BCUT2D eigenvalue weighted by atomic mass is 10.1. The predicted molar refractivity (Wildman–Crippen MR) is 120 cm³/mol. The maximum atomic E-state index is 13.0. The molecule has 1 amide bonds. The third-order valence-electron chi connectivity index (χ3n) is 5.94. The van der Waals surface area contributed by atoms with Crippen LogP contribution < -0.4 is 19.9 Å². The Balaban J connectivity index is 1.21. The highest BCUT2D eigenvalue weighted by Crippen LogP contribution is 2.37. The molecule has 1 unspecified atom stereocenters. The van der Waals surface area contributed by atoms with E-state index in [1.54, 1.807) is 30.3 Å². The first-order chi connectivity index (χ1) is 15.6. The molecule has 0 spiro atoms. The fourth-order valence-electron chi connectivity index (χ4n) is 4.15. The average molecular weight is 433 g/mol. The summed E-state index contributed by atoms with van der Waals surface area (Å²) in [5.74, 6) is 1.96. The lowest BCUT2D eigenvalue weighted by Gasteiger charge is -2.36. The summed E-state index contributed by atoms with van der Waals surface area (Å²) in [5, 5.41) is 3.27. The van der Waals surface area contributed by atoms with Crippen molar-refractivity contribution in [1.29, 1.82) is 0 Å². The number of hydrogen-bond acceptors (Lipinski definition) is 6. The number of carbonyl (C=O) groups is 1. The zero-order valence-electron chi connectivity index (χ0n) is 17.8. The topological polar surface area (TPSA) is 70.6 Å². The van der Waals surface area contributed by atoms with E-state index in [4.69, 9.17) is 9.72 Å². The maximum absolute atomic E-state index is 13.0. The summed E-state index contributed by atoms with van der Waals surface area (Å²) < 4.78 is 18.8. The molecule has 1 N–H and O–H groups in total. The van der Waals surface area contributed by atoms with Gasteiger partial charge in [-0.15, -0.1) is 0 Å². The molecule has 0 aliphatic carbocycles.